The second kappa shape index (κ2) is 6.71. The van der Waals surface area contributed by atoms with Crippen LogP contribution in [0.25, 0.3) is 0 Å². The van der Waals surface area contributed by atoms with Crippen LogP contribution in [0.1, 0.15) is 15.9 Å². The predicted molar refractivity (Wildman–Crippen MR) is 96.8 cm³/mol. The number of carbonyl (C=O) groups is 1. The molecule has 0 amide bonds. The molecule has 0 spiro atoms. The quantitative estimate of drug-likeness (QED) is 0.181. The van der Waals surface area contributed by atoms with Crippen LogP contribution >= 0.6 is 84.9 Å². The van der Waals surface area contributed by atoms with E-state index >= 15 is 0 Å². The highest BCUT2D eigenvalue weighted by Crippen LogP contribution is 2.39. The molecule has 0 fully saturated rings. The van der Waals surface area contributed by atoms with Crippen LogP contribution in [0, 0.1) is 3.57 Å². The molecule has 7 heteroatoms. The van der Waals surface area contributed by atoms with Crippen molar-refractivity contribution in [2.24, 2.45) is 0 Å². The maximum atomic E-state index is 12.6. The molecule has 0 radical (unpaired) electrons. The van der Waals surface area contributed by atoms with Crippen molar-refractivity contribution in [3.05, 3.63) is 63.5 Å². The van der Waals surface area contributed by atoms with Crippen LogP contribution in [0.2, 0.25) is 20.1 Å². The highest BCUT2D eigenvalue weighted by molar-refractivity contribution is 14.1. The second-order valence-corrected chi connectivity index (χ2v) is 7.47. The van der Waals surface area contributed by atoms with Crippen molar-refractivity contribution in [3.8, 4) is 0 Å². The van der Waals surface area contributed by atoms with Crippen LogP contribution in [0.5, 0.6) is 0 Å². The van der Waals surface area contributed by atoms with Crippen molar-refractivity contribution in [2.75, 3.05) is 0 Å². The number of rotatable bonds is 2. The molecule has 0 unspecified atom stereocenters. The predicted octanol–water partition coefficient (Wildman–Crippen LogP) is 6.90. The van der Waals surface area contributed by atoms with Crippen LogP contribution < -0.4 is 0 Å². The summed E-state index contributed by atoms with van der Waals surface area (Å²) < 4.78 is 1.57. The van der Waals surface area contributed by atoms with Gasteiger partial charge >= 0.3 is 0 Å². The Balaban J connectivity index is 2.66. The lowest BCUT2D eigenvalue weighted by molar-refractivity contribution is 0.103. The van der Waals surface area contributed by atoms with Crippen molar-refractivity contribution in [1.29, 1.82) is 0 Å². The van der Waals surface area contributed by atoms with Gasteiger partial charge in [-0.1, -0.05) is 62.3 Å². The first kappa shape index (κ1) is 16.8. The first-order valence-corrected chi connectivity index (χ1v) is 8.54. The standard InChI is InChI=1S/C13H4BrCl4IO/c14-7-2-1-5(19)3-6(7)13(20)10-8(15)4-9(16)11(17)12(10)18/h1-4H. The van der Waals surface area contributed by atoms with Gasteiger partial charge < -0.3 is 0 Å². The molecule has 0 aromatic heterocycles. The summed E-state index contributed by atoms with van der Waals surface area (Å²) in [6, 6.07) is 6.81. The van der Waals surface area contributed by atoms with Gasteiger partial charge in [0.2, 0.25) is 0 Å². The fourth-order valence-electron chi connectivity index (χ4n) is 1.58. The summed E-state index contributed by atoms with van der Waals surface area (Å²) >= 11 is 29.5. The van der Waals surface area contributed by atoms with Crippen molar-refractivity contribution in [1.82, 2.24) is 0 Å². The van der Waals surface area contributed by atoms with Gasteiger partial charge in [0.25, 0.3) is 0 Å². The van der Waals surface area contributed by atoms with E-state index in [-0.39, 0.29) is 31.4 Å². The molecule has 0 heterocycles. The Bertz CT molecular complexity index is 718. The van der Waals surface area contributed by atoms with Gasteiger partial charge in [-0.15, -0.1) is 0 Å². The van der Waals surface area contributed by atoms with Gasteiger partial charge in [0, 0.05) is 13.6 Å². The molecule has 0 atom stereocenters. The minimum atomic E-state index is -0.316. The third-order valence-corrected chi connectivity index (χ3v) is 5.44. The maximum Gasteiger partial charge on any atom is 0.197 e. The molecule has 2 rings (SSSR count). The third-order valence-electron chi connectivity index (χ3n) is 2.51. The molecule has 1 nitrogen and oxygen atoms in total. The van der Waals surface area contributed by atoms with Crippen molar-refractivity contribution < 1.29 is 4.79 Å². The Morgan fingerprint density at radius 1 is 1.00 bits per heavy atom. The Labute approximate surface area is 157 Å². The molecule has 0 bridgehead atoms. The van der Waals surface area contributed by atoms with E-state index in [1.807, 2.05) is 6.07 Å². The third kappa shape index (κ3) is 3.28. The minimum Gasteiger partial charge on any atom is -0.288 e. The molecular formula is C13H4BrCl4IO. The summed E-state index contributed by atoms with van der Waals surface area (Å²) in [5.41, 5.74) is 0.601. The van der Waals surface area contributed by atoms with E-state index < -0.39 is 0 Å². The van der Waals surface area contributed by atoms with Gasteiger partial charge in [-0.25, -0.2) is 0 Å². The molecule has 104 valence electrons. The highest BCUT2D eigenvalue weighted by atomic mass is 127. The zero-order valence-electron chi connectivity index (χ0n) is 9.49. The average Bonchev–Trinajstić information content (AvgIpc) is 2.39. The Hall–Kier alpha value is 0.480. The lowest BCUT2D eigenvalue weighted by Gasteiger charge is -2.10. The van der Waals surface area contributed by atoms with Crippen LogP contribution in [-0.2, 0) is 0 Å². The van der Waals surface area contributed by atoms with Crippen LogP contribution in [0.15, 0.2) is 28.7 Å². The average molecular weight is 525 g/mol. The fraction of sp³-hybridized carbons (Fsp3) is 0. The number of ketones is 1. The molecule has 20 heavy (non-hydrogen) atoms. The topological polar surface area (TPSA) is 17.1 Å². The first-order valence-electron chi connectivity index (χ1n) is 5.15. The van der Waals surface area contributed by atoms with E-state index in [1.54, 1.807) is 12.1 Å². The van der Waals surface area contributed by atoms with Crippen molar-refractivity contribution in [2.45, 2.75) is 0 Å². The van der Waals surface area contributed by atoms with Crippen LogP contribution in [-0.4, -0.2) is 5.78 Å². The number of hydrogen-bond acceptors (Lipinski definition) is 1. The Morgan fingerprint density at radius 2 is 1.65 bits per heavy atom. The van der Waals surface area contributed by atoms with Gasteiger partial charge in [0.1, 0.15) is 0 Å². The Kier molecular flexibility index (Phi) is 5.65. The molecule has 0 saturated carbocycles. The largest absolute Gasteiger partial charge is 0.288 e. The smallest absolute Gasteiger partial charge is 0.197 e. The zero-order chi connectivity index (χ0) is 15.0. The maximum absolute atomic E-state index is 12.6. The summed E-state index contributed by atoms with van der Waals surface area (Å²) in [5.74, 6) is -0.316. The van der Waals surface area contributed by atoms with Crippen molar-refractivity contribution in [3.63, 3.8) is 0 Å². The molecule has 0 aliphatic carbocycles. The van der Waals surface area contributed by atoms with Crippen molar-refractivity contribution >= 4 is 90.7 Å². The number of hydrogen-bond donors (Lipinski definition) is 0. The summed E-state index contributed by atoms with van der Waals surface area (Å²) in [6.07, 6.45) is 0. The van der Waals surface area contributed by atoms with Gasteiger partial charge in [0.05, 0.1) is 25.7 Å². The van der Waals surface area contributed by atoms with Crippen LogP contribution in [0.4, 0.5) is 0 Å². The van der Waals surface area contributed by atoms with E-state index in [9.17, 15) is 4.79 Å². The minimum absolute atomic E-state index is 0.0555. The van der Waals surface area contributed by atoms with Gasteiger partial charge in [-0.3, -0.25) is 4.79 Å². The van der Waals surface area contributed by atoms with E-state index in [2.05, 4.69) is 38.5 Å². The van der Waals surface area contributed by atoms with E-state index in [0.29, 0.717) is 10.0 Å². The number of halogens is 6. The van der Waals surface area contributed by atoms with Crippen LogP contribution in [0.3, 0.4) is 0 Å². The van der Waals surface area contributed by atoms with Gasteiger partial charge in [-0.05, 0) is 46.9 Å². The lowest BCUT2D eigenvalue weighted by atomic mass is 10.0. The number of benzene rings is 2. The molecule has 2 aromatic carbocycles. The normalized spacial score (nSPS) is 10.7. The summed E-state index contributed by atoms with van der Waals surface area (Å²) in [5, 5.41) is 0.544. The fourth-order valence-corrected chi connectivity index (χ4v) is 3.58. The zero-order valence-corrected chi connectivity index (χ0v) is 16.3. The molecule has 0 aliphatic rings. The van der Waals surface area contributed by atoms with E-state index in [1.165, 1.54) is 6.07 Å². The first-order chi connectivity index (χ1) is 9.32. The summed E-state index contributed by atoms with van der Waals surface area (Å²) in [7, 11) is 0. The highest BCUT2D eigenvalue weighted by Gasteiger charge is 2.22. The van der Waals surface area contributed by atoms with Gasteiger partial charge in [0.15, 0.2) is 5.78 Å². The van der Waals surface area contributed by atoms with Gasteiger partial charge in [-0.2, -0.15) is 0 Å². The molecule has 0 aliphatic heterocycles. The summed E-state index contributed by atoms with van der Waals surface area (Å²) in [4.78, 5) is 12.6. The lowest BCUT2D eigenvalue weighted by Crippen LogP contribution is -2.05. The number of carbonyl (C=O) groups excluding carboxylic acids is 1. The monoisotopic (exact) mass is 522 g/mol. The second-order valence-electron chi connectivity index (χ2n) is 3.80. The molecular weight excluding hydrogens is 521 g/mol. The van der Waals surface area contributed by atoms with E-state index in [4.69, 9.17) is 46.4 Å². The van der Waals surface area contributed by atoms with E-state index in [0.717, 1.165) is 3.57 Å². The molecule has 2 aromatic rings. The Morgan fingerprint density at radius 3 is 2.30 bits per heavy atom. The summed E-state index contributed by atoms with van der Waals surface area (Å²) in [6.45, 7) is 0. The SMILES string of the molecule is O=C(c1cc(I)ccc1Br)c1c(Cl)cc(Cl)c(Cl)c1Cl. The molecule has 0 saturated heterocycles. The molecule has 0 N–H and O–H groups in total.